The molecule has 0 spiro atoms. The molecule has 2 bridgehead atoms. The van der Waals surface area contributed by atoms with Crippen LogP contribution in [-0.4, -0.2) is 0 Å². The number of hydrogen-bond acceptors (Lipinski definition) is 0. The Bertz CT molecular complexity index is 212. The van der Waals surface area contributed by atoms with Crippen molar-refractivity contribution in [2.75, 3.05) is 0 Å². The molecule has 72 valence electrons. The minimum Gasteiger partial charge on any atom is -0.0882 e. The molecule has 2 rings (SSSR count). The van der Waals surface area contributed by atoms with Gasteiger partial charge in [-0.2, -0.15) is 0 Å². The minimum absolute atomic E-state index is 0.881. The summed E-state index contributed by atoms with van der Waals surface area (Å²) in [5.41, 5.74) is 0. The van der Waals surface area contributed by atoms with Gasteiger partial charge in [0.1, 0.15) is 0 Å². The van der Waals surface area contributed by atoms with E-state index in [1.165, 1.54) is 32.1 Å². The zero-order chi connectivity index (χ0) is 9.10. The summed E-state index contributed by atoms with van der Waals surface area (Å²) in [6.07, 6.45) is 16.5. The van der Waals surface area contributed by atoms with Gasteiger partial charge >= 0.3 is 0 Å². The quantitative estimate of drug-likeness (QED) is 0.449. The zero-order valence-corrected chi connectivity index (χ0v) is 8.58. The van der Waals surface area contributed by atoms with E-state index in [9.17, 15) is 0 Å². The second kappa shape index (κ2) is 4.13. The maximum Gasteiger partial charge on any atom is -0.0165 e. The number of unbranched alkanes of at least 4 members (excludes halogenated alkanes) is 2. The number of rotatable bonds is 4. The Kier molecular flexibility index (Phi) is 2.87. The van der Waals surface area contributed by atoms with E-state index >= 15 is 0 Å². The van der Waals surface area contributed by atoms with Gasteiger partial charge in [-0.3, -0.25) is 0 Å². The van der Waals surface area contributed by atoms with Crippen LogP contribution in [0.15, 0.2) is 24.3 Å². The maximum atomic E-state index is 2.48. The summed E-state index contributed by atoms with van der Waals surface area (Å²) in [5, 5.41) is 0. The highest BCUT2D eigenvalue weighted by Gasteiger charge is 2.33. The lowest BCUT2D eigenvalue weighted by molar-refractivity contribution is 0.548. The van der Waals surface area contributed by atoms with Gasteiger partial charge < -0.3 is 0 Å². The molecule has 0 amide bonds. The van der Waals surface area contributed by atoms with Gasteiger partial charge in [0.15, 0.2) is 0 Å². The molecular formula is C13H20. The smallest absolute Gasteiger partial charge is 0.0165 e. The fourth-order valence-electron chi connectivity index (χ4n) is 2.64. The Morgan fingerprint density at radius 1 is 1.31 bits per heavy atom. The van der Waals surface area contributed by atoms with Crippen molar-refractivity contribution in [1.82, 2.24) is 0 Å². The normalized spacial score (nSPS) is 36.5. The monoisotopic (exact) mass is 176 g/mol. The van der Waals surface area contributed by atoms with Crippen LogP contribution in [0.25, 0.3) is 0 Å². The van der Waals surface area contributed by atoms with Crippen LogP contribution >= 0.6 is 0 Å². The fraction of sp³-hybridized carbons (Fsp3) is 0.692. The first kappa shape index (κ1) is 9.05. The van der Waals surface area contributed by atoms with Gasteiger partial charge in [0.05, 0.1) is 0 Å². The van der Waals surface area contributed by atoms with Gasteiger partial charge in [-0.15, -0.1) is 0 Å². The van der Waals surface area contributed by atoms with Crippen molar-refractivity contribution in [2.24, 2.45) is 17.8 Å². The van der Waals surface area contributed by atoms with Crippen molar-refractivity contribution < 1.29 is 0 Å². The summed E-state index contributed by atoms with van der Waals surface area (Å²) in [4.78, 5) is 0. The first-order valence-electron chi connectivity index (χ1n) is 5.75. The van der Waals surface area contributed by atoms with E-state index in [0.717, 1.165) is 17.8 Å². The summed E-state index contributed by atoms with van der Waals surface area (Å²) in [6.45, 7) is 2.26. The summed E-state index contributed by atoms with van der Waals surface area (Å²) < 4.78 is 0. The van der Waals surface area contributed by atoms with E-state index in [2.05, 4.69) is 31.2 Å². The van der Waals surface area contributed by atoms with Gasteiger partial charge in [-0.25, -0.2) is 0 Å². The van der Waals surface area contributed by atoms with Crippen LogP contribution in [0.1, 0.15) is 39.0 Å². The Morgan fingerprint density at radius 3 is 2.85 bits per heavy atom. The average Bonchev–Trinajstić information content (AvgIpc) is 2.73. The van der Waals surface area contributed by atoms with E-state index < -0.39 is 0 Å². The predicted molar refractivity (Wildman–Crippen MR) is 57.5 cm³/mol. The molecule has 0 nitrogen and oxygen atoms in total. The molecule has 0 aromatic heterocycles. The molecule has 2 aliphatic rings. The molecule has 0 aliphatic heterocycles. The molecule has 2 aliphatic carbocycles. The largest absolute Gasteiger partial charge is 0.0882 e. The van der Waals surface area contributed by atoms with Gasteiger partial charge in [0.25, 0.3) is 0 Å². The van der Waals surface area contributed by atoms with Crippen molar-refractivity contribution in [3.63, 3.8) is 0 Å². The molecule has 0 heteroatoms. The van der Waals surface area contributed by atoms with Crippen LogP contribution in [-0.2, 0) is 0 Å². The van der Waals surface area contributed by atoms with Crippen molar-refractivity contribution in [3.05, 3.63) is 24.3 Å². The van der Waals surface area contributed by atoms with Crippen LogP contribution < -0.4 is 0 Å². The van der Waals surface area contributed by atoms with Gasteiger partial charge in [0, 0.05) is 0 Å². The van der Waals surface area contributed by atoms with Gasteiger partial charge in [-0.1, -0.05) is 44.1 Å². The standard InChI is InChI=1S/C13H20/c1-2-3-4-5-6-12-9-11-7-8-13(12)10-11/h5-8,11-13H,2-4,9-10H2,1H3. The Hall–Kier alpha value is -0.520. The fourth-order valence-corrected chi connectivity index (χ4v) is 2.64. The van der Waals surface area contributed by atoms with E-state index in [0.29, 0.717) is 0 Å². The van der Waals surface area contributed by atoms with Crippen molar-refractivity contribution in [3.8, 4) is 0 Å². The SMILES string of the molecule is CCCCC=CC1CC2C=CC1C2. The third kappa shape index (κ3) is 2.04. The second-order valence-corrected chi connectivity index (χ2v) is 4.51. The number of fused-ring (bicyclic) bond motifs is 2. The third-order valence-corrected chi connectivity index (χ3v) is 3.44. The van der Waals surface area contributed by atoms with E-state index in [-0.39, 0.29) is 0 Å². The Balaban J connectivity index is 1.77. The van der Waals surface area contributed by atoms with Crippen molar-refractivity contribution in [1.29, 1.82) is 0 Å². The molecule has 0 N–H and O–H groups in total. The topological polar surface area (TPSA) is 0 Å². The van der Waals surface area contributed by atoms with E-state index in [1.807, 2.05) is 0 Å². The second-order valence-electron chi connectivity index (χ2n) is 4.51. The van der Waals surface area contributed by atoms with E-state index in [1.54, 1.807) is 0 Å². The Labute approximate surface area is 81.7 Å². The molecule has 0 heterocycles. The highest BCUT2D eigenvalue weighted by molar-refractivity contribution is 5.14. The summed E-state index contributed by atoms with van der Waals surface area (Å²) in [7, 11) is 0. The van der Waals surface area contributed by atoms with Gasteiger partial charge in [-0.05, 0) is 37.0 Å². The molecule has 1 fully saturated rings. The molecular weight excluding hydrogens is 156 g/mol. The number of hydrogen-bond donors (Lipinski definition) is 0. The first-order valence-corrected chi connectivity index (χ1v) is 5.75. The molecule has 3 atom stereocenters. The highest BCUT2D eigenvalue weighted by atomic mass is 14.4. The Morgan fingerprint density at radius 2 is 2.23 bits per heavy atom. The molecule has 0 aromatic carbocycles. The lowest BCUT2D eigenvalue weighted by atomic mass is 9.93. The van der Waals surface area contributed by atoms with Gasteiger partial charge in [0.2, 0.25) is 0 Å². The molecule has 0 aromatic rings. The predicted octanol–water partition coefficient (Wildman–Crippen LogP) is 3.95. The highest BCUT2D eigenvalue weighted by Crippen LogP contribution is 2.43. The van der Waals surface area contributed by atoms with Crippen molar-refractivity contribution in [2.45, 2.75) is 39.0 Å². The molecule has 13 heavy (non-hydrogen) atoms. The van der Waals surface area contributed by atoms with Crippen LogP contribution in [0.3, 0.4) is 0 Å². The van der Waals surface area contributed by atoms with Crippen LogP contribution in [0.4, 0.5) is 0 Å². The number of allylic oxidation sites excluding steroid dienone is 4. The first-order chi connectivity index (χ1) is 6.40. The molecule has 3 unspecified atom stereocenters. The van der Waals surface area contributed by atoms with Crippen molar-refractivity contribution >= 4 is 0 Å². The summed E-state index contributed by atoms with van der Waals surface area (Å²) in [6, 6.07) is 0. The molecule has 0 saturated heterocycles. The van der Waals surface area contributed by atoms with Crippen LogP contribution in [0.5, 0.6) is 0 Å². The lowest BCUT2D eigenvalue weighted by Crippen LogP contribution is -2.02. The zero-order valence-electron chi connectivity index (χ0n) is 8.58. The minimum atomic E-state index is 0.881. The molecule has 0 radical (unpaired) electrons. The summed E-state index contributed by atoms with van der Waals surface area (Å²) >= 11 is 0. The molecule has 1 saturated carbocycles. The van der Waals surface area contributed by atoms with Crippen LogP contribution in [0.2, 0.25) is 0 Å². The lowest BCUT2D eigenvalue weighted by Gasteiger charge is -2.12. The van der Waals surface area contributed by atoms with Crippen LogP contribution in [0, 0.1) is 17.8 Å². The maximum absolute atomic E-state index is 2.48. The average molecular weight is 176 g/mol. The van der Waals surface area contributed by atoms with E-state index in [4.69, 9.17) is 0 Å². The third-order valence-electron chi connectivity index (χ3n) is 3.44. The summed E-state index contributed by atoms with van der Waals surface area (Å²) in [5.74, 6) is 2.69.